The van der Waals surface area contributed by atoms with Crippen molar-refractivity contribution >= 4 is 11.6 Å². The van der Waals surface area contributed by atoms with Crippen LogP contribution in [0.25, 0.3) is 11.5 Å². The van der Waals surface area contributed by atoms with Crippen LogP contribution in [-0.2, 0) is 12.6 Å². The lowest BCUT2D eigenvalue weighted by atomic mass is 10.1. The number of hydrogen-bond donors (Lipinski definition) is 1. The Morgan fingerprint density at radius 3 is 2.53 bits per heavy atom. The Labute approximate surface area is 170 Å². The van der Waals surface area contributed by atoms with E-state index >= 15 is 0 Å². The fourth-order valence-corrected chi connectivity index (χ4v) is 3.18. The van der Waals surface area contributed by atoms with Gasteiger partial charge in [0.05, 0.1) is 11.4 Å². The highest BCUT2D eigenvalue weighted by molar-refractivity contribution is 5.45. The van der Waals surface area contributed by atoms with E-state index in [9.17, 15) is 13.2 Å². The van der Waals surface area contributed by atoms with Crippen molar-refractivity contribution in [2.75, 3.05) is 11.9 Å². The van der Waals surface area contributed by atoms with E-state index in [0.717, 1.165) is 34.3 Å². The second kappa shape index (κ2) is 7.77. The van der Waals surface area contributed by atoms with Gasteiger partial charge in [-0.2, -0.15) is 27.8 Å². The molecule has 4 rings (SSSR count). The number of anilines is 1. The van der Waals surface area contributed by atoms with Crippen LogP contribution in [0.1, 0.15) is 29.2 Å². The number of aryl methyl sites for hydroxylation is 3. The SMILES string of the molecule is Cc1cc(NCCCc2cn(-c3ccccc3)nc2C)n2nc(C(F)(F)F)nc2n1. The van der Waals surface area contributed by atoms with Gasteiger partial charge in [-0.15, -0.1) is 5.10 Å². The van der Waals surface area contributed by atoms with Gasteiger partial charge >= 0.3 is 6.18 Å². The van der Waals surface area contributed by atoms with E-state index in [1.807, 2.05) is 48.1 Å². The minimum atomic E-state index is -4.62. The molecule has 0 amide bonds. The van der Waals surface area contributed by atoms with E-state index in [1.54, 1.807) is 13.0 Å². The molecular weight excluding hydrogens is 395 g/mol. The molecule has 0 aliphatic carbocycles. The van der Waals surface area contributed by atoms with Gasteiger partial charge in [-0.25, -0.2) is 9.67 Å². The monoisotopic (exact) mass is 415 g/mol. The zero-order valence-corrected chi connectivity index (χ0v) is 16.5. The Kier molecular flexibility index (Phi) is 5.15. The van der Waals surface area contributed by atoms with Crippen molar-refractivity contribution in [3.8, 4) is 5.69 Å². The van der Waals surface area contributed by atoms with Crippen molar-refractivity contribution < 1.29 is 13.2 Å². The molecule has 30 heavy (non-hydrogen) atoms. The van der Waals surface area contributed by atoms with Crippen molar-refractivity contribution in [1.29, 1.82) is 0 Å². The van der Waals surface area contributed by atoms with Gasteiger partial charge in [0.25, 0.3) is 11.6 Å². The Hall–Kier alpha value is -3.43. The largest absolute Gasteiger partial charge is 0.453 e. The zero-order chi connectivity index (χ0) is 21.3. The quantitative estimate of drug-likeness (QED) is 0.482. The molecule has 0 aliphatic rings. The molecule has 0 aliphatic heterocycles. The Morgan fingerprint density at radius 2 is 1.80 bits per heavy atom. The van der Waals surface area contributed by atoms with Gasteiger partial charge in [0.15, 0.2) is 0 Å². The number of aromatic nitrogens is 6. The second-order valence-electron chi connectivity index (χ2n) is 6.98. The van der Waals surface area contributed by atoms with Gasteiger partial charge in [0.1, 0.15) is 5.82 Å². The number of nitrogens with zero attached hydrogens (tertiary/aromatic N) is 6. The molecule has 1 N–H and O–H groups in total. The van der Waals surface area contributed by atoms with Crippen molar-refractivity contribution in [3.63, 3.8) is 0 Å². The summed E-state index contributed by atoms with van der Waals surface area (Å²) in [5.41, 5.74) is 3.63. The molecule has 3 heterocycles. The third kappa shape index (κ3) is 4.12. The molecule has 0 spiro atoms. The maximum Gasteiger partial charge on any atom is 0.453 e. The normalized spacial score (nSPS) is 11.9. The standard InChI is InChI=1S/C20H20F3N7/c1-13-11-17(30-19(25-13)26-18(28-30)20(21,22)23)24-10-6-7-15-12-29(27-14(15)2)16-8-4-3-5-9-16/h3-5,8-9,11-12,24H,6-7,10H2,1-2H3. The fourth-order valence-electron chi connectivity index (χ4n) is 3.18. The van der Waals surface area contributed by atoms with Crippen molar-refractivity contribution in [3.05, 3.63) is 65.4 Å². The molecule has 0 fully saturated rings. The lowest BCUT2D eigenvalue weighted by Crippen LogP contribution is -2.10. The molecule has 0 unspecified atom stereocenters. The number of para-hydroxylation sites is 1. The van der Waals surface area contributed by atoms with Gasteiger partial charge in [-0.3, -0.25) is 0 Å². The van der Waals surface area contributed by atoms with Gasteiger partial charge in [0.2, 0.25) is 0 Å². The Bertz CT molecular complexity index is 1160. The molecule has 0 radical (unpaired) electrons. The summed E-state index contributed by atoms with van der Waals surface area (Å²) in [6.07, 6.45) is -1.06. The Balaban J connectivity index is 1.43. The number of hydrogen-bond acceptors (Lipinski definition) is 5. The summed E-state index contributed by atoms with van der Waals surface area (Å²) in [4.78, 5) is 7.52. The number of halogens is 3. The maximum absolute atomic E-state index is 12.9. The fraction of sp³-hybridized carbons (Fsp3) is 0.300. The third-order valence-corrected chi connectivity index (χ3v) is 4.64. The summed E-state index contributed by atoms with van der Waals surface area (Å²) in [6, 6.07) is 11.5. The van der Waals surface area contributed by atoms with Crippen LogP contribution in [-0.4, -0.2) is 35.9 Å². The first kappa shape index (κ1) is 19.9. The molecular formula is C20H20F3N7. The molecule has 0 bridgehead atoms. The minimum Gasteiger partial charge on any atom is -0.370 e. The molecule has 4 aromatic rings. The van der Waals surface area contributed by atoms with Crippen LogP contribution in [0.2, 0.25) is 0 Å². The molecule has 0 saturated heterocycles. The Morgan fingerprint density at radius 1 is 1.03 bits per heavy atom. The number of fused-ring (bicyclic) bond motifs is 1. The average molecular weight is 415 g/mol. The predicted octanol–water partition coefficient (Wildman–Crippen LogP) is 3.99. The summed E-state index contributed by atoms with van der Waals surface area (Å²) in [5.74, 6) is -0.852. The van der Waals surface area contributed by atoms with Gasteiger partial charge in [-0.1, -0.05) is 18.2 Å². The van der Waals surface area contributed by atoms with Crippen LogP contribution in [0.3, 0.4) is 0 Å². The van der Waals surface area contributed by atoms with Crippen molar-refractivity contribution in [2.45, 2.75) is 32.9 Å². The lowest BCUT2D eigenvalue weighted by Gasteiger charge is -2.08. The van der Waals surface area contributed by atoms with Gasteiger partial charge < -0.3 is 5.32 Å². The summed E-state index contributed by atoms with van der Waals surface area (Å²) in [6.45, 7) is 4.22. The van der Waals surface area contributed by atoms with E-state index < -0.39 is 12.0 Å². The smallest absolute Gasteiger partial charge is 0.370 e. The molecule has 1 aromatic carbocycles. The average Bonchev–Trinajstić information content (AvgIpc) is 3.29. The van der Waals surface area contributed by atoms with Gasteiger partial charge in [-0.05, 0) is 44.4 Å². The van der Waals surface area contributed by atoms with Crippen molar-refractivity contribution in [2.24, 2.45) is 0 Å². The predicted molar refractivity (Wildman–Crippen MR) is 106 cm³/mol. The molecule has 0 atom stereocenters. The second-order valence-corrected chi connectivity index (χ2v) is 6.98. The number of rotatable bonds is 6. The third-order valence-electron chi connectivity index (χ3n) is 4.64. The molecule has 10 heteroatoms. The first-order valence-corrected chi connectivity index (χ1v) is 9.47. The minimum absolute atomic E-state index is 0.0789. The van der Waals surface area contributed by atoms with Gasteiger partial charge in [0, 0.05) is 24.5 Å². The zero-order valence-electron chi connectivity index (χ0n) is 16.5. The van der Waals surface area contributed by atoms with E-state index in [1.165, 1.54) is 0 Å². The molecule has 7 nitrogen and oxygen atoms in total. The maximum atomic E-state index is 12.9. The van der Waals surface area contributed by atoms with E-state index in [4.69, 9.17) is 0 Å². The van der Waals surface area contributed by atoms with Crippen LogP contribution >= 0.6 is 0 Å². The van der Waals surface area contributed by atoms with Crippen LogP contribution in [0.4, 0.5) is 19.0 Å². The van der Waals surface area contributed by atoms with Crippen LogP contribution < -0.4 is 5.32 Å². The van der Waals surface area contributed by atoms with Crippen molar-refractivity contribution in [1.82, 2.24) is 29.4 Å². The first-order valence-electron chi connectivity index (χ1n) is 9.47. The first-order chi connectivity index (χ1) is 14.3. The van der Waals surface area contributed by atoms with Crippen LogP contribution in [0, 0.1) is 13.8 Å². The van der Waals surface area contributed by atoms with E-state index in [-0.39, 0.29) is 5.78 Å². The van der Waals surface area contributed by atoms with E-state index in [2.05, 4.69) is 25.5 Å². The number of alkyl halides is 3. The highest BCUT2D eigenvalue weighted by Gasteiger charge is 2.36. The topological polar surface area (TPSA) is 72.9 Å². The van der Waals surface area contributed by atoms with E-state index in [0.29, 0.717) is 18.1 Å². The molecule has 156 valence electrons. The summed E-state index contributed by atoms with van der Waals surface area (Å²) in [5, 5.41) is 11.3. The lowest BCUT2D eigenvalue weighted by molar-refractivity contribution is -0.144. The summed E-state index contributed by atoms with van der Waals surface area (Å²) >= 11 is 0. The number of benzene rings is 1. The summed E-state index contributed by atoms with van der Waals surface area (Å²) < 4.78 is 41.7. The molecule has 3 aromatic heterocycles. The highest BCUT2D eigenvalue weighted by atomic mass is 19.4. The summed E-state index contributed by atoms with van der Waals surface area (Å²) in [7, 11) is 0. The van der Waals surface area contributed by atoms with Crippen LogP contribution in [0.5, 0.6) is 0 Å². The molecule has 0 saturated carbocycles. The number of nitrogens with one attached hydrogen (secondary N) is 1. The van der Waals surface area contributed by atoms with Crippen LogP contribution in [0.15, 0.2) is 42.6 Å². The highest BCUT2D eigenvalue weighted by Crippen LogP contribution is 2.27.